The molecule has 0 radical (unpaired) electrons. The van der Waals surface area contributed by atoms with Crippen molar-refractivity contribution in [2.75, 3.05) is 12.3 Å². The first-order chi connectivity index (χ1) is 12.1. The zero-order valence-corrected chi connectivity index (χ0v) is 14.1. The van der Waals surface area contributed by atoms with Gasteiger partial charge in [-0.05, 0) is 36.4 Å². The van der Waals surface area contributed by atoms with E-state index in [-0.39, 0.29) is 5.75 Å². The van der Waals surface area contributed by atoms with Crippen LogP contribution in [0.5, 0.6) is 11.5 Å². The molecule has 2 aliphatic heterocycles. The van der Waals surface area contributed by atoms with Gasteiger partial charge in [0.25, 0.3) is 10.0 Å². The Morgan fingerprint density at radius 3 is 2.64 bits per heavy atom. The minimum atomic E-state index is -3.37. The molecule has 0 saturated carbocycles. The molecule has 0 spiro atoms. The van der Waals surface area contributed by atoms with Crippen LogP contribution in [0, 0.1) is 0 Å². The van der Waals surface area contributed by atoms with Gasteiger partial charge in [0, 0.05) is 6.54 Å². The van der Waals surface area contributed by atoms with Crippen molar-refractivity contribution in [3.05, 3.63) is 72.6 Å². The lowest BCUT2D eigenvalue weighted by Gasteiger charge is -2.31. The Morgan fingerprint density at radius 2 is 1.88 bits per heavy atom. The molecule has 1 aromatic carbocycles. The van der Waals surface area contributed by atoms with Crippen LogP contribution in [0.25, 0.3) is 5.70 Å². The fourth-order valence-electron chi connectivity index (χ4n) is 2.68. The normalized spacial score (nSPS) is 18.2. The van der Waals surface area contributed by atoms with Crippen LogP contribution in [-0.4, -0.2) is 36.4 Å². The molecule has 7 heteroatoms. The first kappa shape index (κ1) is 15.6. The third kappa shape index (κ3) is 3.32. The quantitative estimate of drug-likeness (QED) is 0.848. The number of pyridine rings is 1. The van der Waals surface area contributed by atoms with Crippen molar-refractivity contribution < 1.29 is 13.2 Å². The van der Waals surface area contributed by atoms with Crippen LogP contribution >= 0.6 is 0 Å². The van der Waals surface area contributed by atoms with Gasteiger partial charge in [0.2, 0.25) is 0 Å². The lowest BCUT2D eigenvalue weighted by Crippen LogP contribution is -2.38. The number of para-hydroxylation sites is 1. The number of fused-ring (bicyclic) bond motifs is 1. The third-order valence-corrected chi connectivity index (χ3v) is 5.01. The summed E-state index contributed by atoms with van der Waals surface area (Å²) in [6, 6.07) is 13.2. The van der Waals surface area contributed by atoms with E-state index in [0.29, 0.717) is 18.1 Å². The van der Waals surface area contributed by atoms with E-state index in [1.165, 1.54) is 0 Å². The monoisotopic (exact) mass is 353 g/mol. The molecule has 126 valence electrons. The van der Waals surface area contributed by atoms with Crippen LogP contribution in [-0.2, 0) is 10.0 Å². The Morgan fingerprint density at radius 1 is 1.04 bits per heavy atom. The third-order valence-electron chi connectivity index (χ3n) is 3.85. The van der Waals surface area contributed by atoms with E-state index in [1.807, 2.05) is 53.4 Å². The molecule has 3 heterocycles. The Hall–Kier alpha value is -2.93. The number of rotatable bonds is 3. The first-order valence-electron chi connectivity index (χ1n) is 7.79. The molecular weight excluding hydrogens is 338 g/mol. The van der Waals surface area contributed by atoms with E-state index < -0.39 is 10.0 Å². The van der Waals surface area contributed by atoms with Gasteiger partial charge in [-0.25, -0.2) is 8.42 Å². The average Bonchev–Trinajstić information content (AvgIpc) is 2.62. The highest BCUT2D eigenvalue weighted by Gasteiger charge is 2.27. The second kappa shape index (κ2) is 6.18. The molecule has 1 aromatic heterocycles. The molecule has 25 heavy (non-hydrogen) atoms. The highest BCUT2D eigenvalue weighted by molar-refractivity contribution is 7.90. The molecule has 2 aromatic rings. The largest absolute Gasteiger partial charge is 0.456 e. The van der Waals surface area contributed by atoms with E-state index in [9.17, 15) is 8.42 Å². The molecule has 0 bridgehead atoms. The predicted octanol–water partition coefficient (Wildman–Crippen LogP) is 2.83. The molecule has 0 N–H and O–H groups in total. The Kier molecular flexibility index (Phi) is 3.85. The summed E-state index contributed by atoms with van der Waals surface area (Å²) in [7, 11) is -3.37. The zero-order chi connectivity index (χ0) is 17.3. The first-order valence-corrected chi connectivity index (χ1v) is 9.39. The van der Waals surface area contributed by atoms with Crippen LogP contribution in [0.4, 0.5) is 0 Å². The van der Waals surface area contributed by atoms with Crippen molar-refractivity contribution in [3.63, 3.8) is 0 Å². The number of sulfonamides is 1. The van der Waals surface area contributed by atoms with Crippen LogP contribution in [0.15, 0.2) is 71.3 Å². The number of ether oxygens (including phenoxy) is 1. The topological polar surface area (TPSA) is 71.9 Å². The van der Waals surface area contributed by atoms with E-state index in [2.05, 4.69) is 9.38 Å². The number of hydrogen-bond acceptors (Lipinski definition) is 5. The van der Waals surface area contributed by atoms with Crippen molar-refractivity contribution in [1.82, 2.24) is 9.88 Å². The summed E-state index contributed by atoms with van der Waals surface area (Å²) < 4.78 is 32.9. The van der Waals surface area contributed by atoms with Crippen molar-refractivity contribution in [2.24, 2.45) is 4.40 Å². The summed E-state index contributed by atoms with van der Waals surface area (Å²) in [6.07, 6.45) is 7.02. The van der Waals surface area contributed by atoms with Gasteiger partial charge in [-0.2, -0.15) is 0 Å². The van der Waals surface area contributed by atoms with Crippen molar-refractivity contribution in [2.45, 2.75) is 0 Å². The lowest BCUT2D eigenvalue weighted by molar-refractivity contribution is 0.480. The van der Waals surface area contributed by atoms with Gasteiger partial charge >= 0.3 is 0 Å². The molecular formula is C18H15N3O3S. The summed E-state index contributed by atoms with van der Waals surface area (Å²) in [5.74, 6) is 1.80. The number of amidine groups is 1. The smallest absolute Gasteiger partial charge is 0.256 e. The molecule has 0 atom stereocenters. The van der Waals surface area contributed by atoms with Gasteiger partial charge in [0.1, 0.15) is 17.3 Å². The van der Waals surface area contributed by atoms with Crippen LogP contribution in [0.2, 0.25) is 0 Å². The molecule has 0 fully saturated rings. The molecule has 0 unspecified atom stereocenters. The molecule has 2 aliphatic rings. The van der Waals surface area contributed by atoms with Crippen LogP contribution in [0.3, 0.4) is 0 Å². The molecule has 0 amide bonds. The Balaban J connectivity index is 1.58. The van der Waals surface area contributed by atoms with E-state index in [4.69, 9.17) is 4.74 Å². The van der Waals surface area contributed by atoms with Gasteiger partial charge in [-0.3, -0.25) is 4.98 Å². The highest BCUT2D eigenvalue weighted by atomic mass is 32.2. The number of aromatic nitrogens is 1. The molecule has 0 aliphatic carbocycles. The summed E-state index contributed by atoms with van der Waals surface area (Å²) in [4.78, 5) is 6.31. The maximum Gasteiger partial charge on any atom is 0.256 e. The van der Waals surface area contributed by atoms with Gasteiger partial charge in [0.05, 0.1) is 23.3 Å². The summed E-state index contributed by atoms with van der Waals surface area (Å²) in [5.41, 5.74) is 1.55. The number of hydrogen-bond donors (Lipinski definition) is 0. The second-order valence-electron chi connectivity index (χ2n) is 5.59. The number of allylic oxidation sites excluding steroid dienone is 2. The maximum atomic E-state index is 11.7. The van der Waals surface area contributed by atoms with E-state index in [0.717, 1.165) is 17.1 Å². The van der Waals surface area contributed by atoms with E-state index >= 15 is 0 Å². The van der Waals surface area contributed by atoms with Gasteiger partial charge in [0.15, 0.2) is 0 Å². The highest BCUT2D eigenvalue weighted by Crippen LogP contribution is 2.27. The van der Waals surface area contributed by atoms with Gasteiger partial charge < -0.3 is 9.64 Å². The second-order valence-corrected chi connectivity index (χ2v) is 7.35. The predicted molar refractivity (Wildman–Crippen MR) is 95.8 cm³/mol. The minimum Gasteiger partial charge on any atom is -0.456 e. The lowest BCUT2D eigenvalue weighted by atomic mass is 10.1. The summed E-state index contributed by atoms with van der Waals surface area (Å²) >= 11 is 0. The van der Waals surface area contributed by atoms with Gasteiger partial charge in [-0.15, -0.1) is 4.40 Å². The Bertz CT molecular complexity index is 978. The SMILES string of the molecule is O=S1(=O)CCN2C(c3ccc(Oc4ccccc4)cn3)=CC=CC2=N1. The molecule has 0 saturated heterocycles. The Labute approximate surface area is 145 Å². The van der Waals surface area contributed by atoms with Crippen molar-refractivity contribution in [3.8, 4) is 11.5 Å². The van der Waals surface area contributed by atoms with E-state index in [1.54, 1.807) is 18.3 Å². The number of benzene rings is 1. The standard InChI is InChI=1S/C18H15N3O3S/c22-25(23)12-11-21-17(7-4-8-18(21)20-25)16-10-9-15(13-19-16)24-14-5-2-1-3-6-14/h1-10,13H,11-12H2. The van der Waals surface area contributed by atoms with Crippen LogP contribution < -0.4 is 4.74 Å². The minimum absolute atomic E-state index is 0.00309. The number of nitrogens with zero attached hydrogens (tertiary/aromatic N) is 3. The summed E-state index contributed by atoms with van der Waals surface area (Å²) in [6.45, 7) is 0.362. The maximum absolute atomic E-state index is 11.7. The van der Waals surface area contributed by atoms with Crippen molar-refractivity contribution >= 4 is 21.6 Å². The fraction of sp³-hybridized carbons (Fsp3) is 0.111. The summed E-state index contributed by atoms with van der Waals surface area (Å²) in [5, 5.41) is 0. The zero-order valence-electron chi connectivity index (χ0n) is 13.2. The average molecular weight is 353 g/mol. The van der Waals surface area contributed by atoms with Crippen molar-refractivity contribution in [1.29, 1.82) is 0 Å². The fourth-order valence-corrected chi connectivity index (χ4v) is 3.63. The van der Waals surface area contributed by atoms with Gasteiger partial charge in [-0.1, -0.05) is 24.3 Å². The molecule has 6 nitrogen and oxygen atoms in total. The van der Waals surface area contributed by atoms with Crippen LogP contribution in [0.1, 0.15) is 5.69 Å². The molecule has 4 rings (SSSR count).